The molecule has 0 saturated heterocycles. The van der Waals surface area contributed by atoms with E-state index in [4.69, 9.17) is 4.74 Å². The van der Waals surface area contributed by atoms with Gasteiger partial charge in [0, 0.05) is 19.2 Å². The zero-order valence-electron chi connectivity index (χ0n) is 13.8. The number of anilines is 1. The molecule has 0 aliphatic carbocycles. The maximum atomic E-state index is 12.6. The summed E-state index contributed by atoms with van der Waals surface area (Å²) in [5.74, 6) is -0.153. The topological polar surface area (TPSA) is 58.6 Å². The van der Waals surface area contributed by atoms with Crippen molar-refractivity contribution in [1.82, 2.24) is 4.90 Å². The van der Waals surface area contributed by atoms with E-state index in [9.17, 15) is 22.8 Å². The van der Waals surface area contributed by atoms with Gasteiger partial charge in [-0.05, 0) is 35.9 Å². The van der Waals surface area contributed by atoms with Crippen molar-refractivity contribution in [2.75, 3.05) is 19.0 Å². The molecular weight excluding hydrogens is 349 g/mol. The molecule has 8 heteroatoms. The lowest BCUT2D eigenvalue weighted by molar-refractivity contribution is -0.137. The number of ether oxygens (including phenoxy) is 1. The van der Waals surface area contributed by atoms with E-state index in [1.54, 1.807) is 19.2 Å². The van der Waals surface area contributed by atoms with Gasteiger partial charge in [0.05, 0.1) is 11.3 Å². The van der Waals surface area contributed by atoms with Crippen molar-refractivity contribution < 1.29 is 27.5 Å². The van der Waals surface area contributed by atoms with Crippen LogP contribution in [0.25, 0.3) is 0 Å². The van der Waals surface area contributed by atoms with Crippen LogP contribution in [0.4, 0.5) is 18.9 Å². The lowest BCUT2D eigenvalue weighted by Crippen LogP contribution is -2.28. The summed E-state index contributed by atoms with van der Waals surface area (Å²) in [6.45, 7) is 0.0744. The Kier molecular flexibility index (Phi) is 4.58. The van der Waals surface area contributed by atoms with E-state index in [0.29, 0.717) is 22.6 Å². The quantitative estimate of drug-likeness (QED) is 0.909. The summed E-state index contributed by atoms with van der Waals surface area (Å²) in [7, 11) is 1.55. The highest BCUT2D eigenvalue weighted by Gasteiger charge is 2.30. The summed E-state index contributed by atoms with van der Waals surface area (Å²) < 4.78 is 43.0. The molecule has 0 fully saturated rings. The zero-order chi connectivity index (χ0) is 18.9. The number of nitrogens with one attached hydrogen (secondary N) is 1. The van der Waals surface area contributed by atoms with Gasteiger partial charge >= 0.3 is 6.18 Å². The predicted octanol–water partition coefficient (Wildman–Crippen LogP) is 3.31. The third kappa shape index (κ3) is 3.79. The van der Waals surface area contributed by atoms with Crippen LogP contribution in [-0.4, -0.2) is 30.4 Å². The van der Waals surface area contributed by atoms with Gasteiger partial charge < -0.3 is 15.0 Å². The fourth-order valence-electron chi connectivity index (χ4n) is 2.58. The largest absolute Gasteiger partial charge is 0.482 e. The summed E-state index contributed by atoms with van der Waals surface area (Å²) in [5, 5.41) is 2.62. The average Bonchev–Trinajstić information content (AvgIpc) is 2.60. The van der Waals surface area contributed by atoms with Crippen LogP contribution in [0, 0.1) is 0 Å². The SMILES string of the molecule is CN(Cc1ccc(C(F)(F)F)cc1)C(=O)c1ccc2c(c1)NC(=O)CO2. The van der Waals surface area contributed by atoms with Crippen molar-refractivity contribution in [3.8, 4) is 5.75 Å². The Morgan fingerprint density at radius 2 is 1.88 bits per heavy atom. The molecule has 2 aromatic rings. The van der Waals surface area contributed by atoms with Gasteiger partial charge in [0.1, 0.15) is 5.75 Å². The molecule has 0 unspecified atom stereocenters. The van der Waals surface area contributed by atoms with Crippen LogP contribution < -0.4 is 10.1 Å². The van der Waals surface area contributed by atoms with Crippen LogP contribution in [0.15, 0.2) is 42.5 Å². The van der Waals surface area contributed by atoms with E-state index < -0.39 is 11.7 Å². The Labute approximate surface area is 147 Å². The first-order valence-electron chi connectivity index (χ1n) is 7.72. The Bertz CT molecular complexity index is 848. The third-order valence-electron chi connectivity index (χ3n) is 3.91. The van der Waals surface area contributed by atoms with Gasteiger partial charge in [-0.1, -0.05) is 12.1 Å². The molecule has 0 bridgehead atoms. The Morgan fingerprint density at radius 3 is 2.54 bits per heavy atom. The van der Waals surface area contributed by atoms with Crippen LogP contribution in [0.1, 0.15) is 21.5 Å². The number of halogens is 3. The number of hydrogen-bond acceptors (Lipinski definition) is 3. The minimum Gasteiger partial charge on any atom is -0.482 e. The van der Waals surface area contributed by atoms with E-state index in [0.717, 1.165) is 12.1 Å². The average molecular weight is 364 g/mol. The number of nitrogens with zero attached hydrogens (tertiary/aromatic N) is 1. The van der Waals surface area contributed by atoms with Crippen molar-refractivity contribution in [2.24, 2.45) is 0 Å². The fourth-order valence-corrected chi connectivity index (χ4v) is 2.58. The van der Waals surface area contributed by atoms with Gasteiger partial charge in [0.15, 0.2) is 6.61 Å². The first-order chi connectivity index (χ1) is 12.2. The minimum absolute atomic E-state index is 0.0753. The Balaban J connectivity index is 1.72. The second-order valence-corrected chi connectivity index (χ2v) is 5.90. The number of benzene rings is 2. The third-order valence-corrected chi connectivity index (χ3v) is 3.91. The molecule has 0 saturated carbocycles. The van der Waals surface area contributed by atoms with Crippen molar-refractivity contribution in [2.45, 2.75) is 12.7 Å². The fraction of sp³-hybridized carbons (Fsp3) is 0.222. The lowest BCUT2D eigenvalue weighted by Gasteiger charge is -2.21. The van der Waals surface area contributed by atoms with E-state index in [-0.39, 0.29) is 25.0 Å². The molecule has 2 amide bonds. The molecule has 0 aromatic heterocycles. The van der Waals surface area contributed by atoms with Crippen LogP contribution in [0.3, 0.4) is 0 Å². The van der Waals surface area contributed by atoms with E-state index in [1.165, 1.54) is 23.1 Å². The van der Waals surface area contributed by atoms with Gasteiger partial charge in [-0.2, -0.15) is 13.2 Å². The summed E-state index contributed by atoms with van der Waals surface area (Å²) >= 11 is 0. The number of hydrogen-bond donors (Lipinski definition) is 1. The first-order valence-corrected chi connectivity index (χ1v) is 7.72. The lowest BCUT2D eigenvalue weighted by atomic mass is 10.1. The van der Waals surface area contributed by atoms with Gasteiger partial charge in [-0.3, -0.25) is 9.59 Å². The molecular formula is C18H15F3N2O3. The van der Waals surface area contributed by atoms with Crippen molar-refractivity contribution >= 4 is 17.5 Å². The highest BCUT2D eigenvalue weighted by molar-refractivity contribution is 5.99. The van der Waals surface area contributed by atoms with Gasteiger partial charge in [-0.25, -0.2) is 0 Å². The maximum Gasteiger partial charge on any atom is 0.416 e. The van der Waals surface area contributed by atoms with Crippen molar-refractivity contribution in [3.63, 3.8) is 0 Å². The van der Waals surface area contributed by atoms with Crippen LogP contribution in [0.5, 0.6) is 5.75 Å². The van der Waals surface area contributed by atoms with Crippen molar-refractivity contribution in [1.29, 1.82) is 0 Å². The zero-order valence-corrected chi connectivity index (χ0v) is 13.8. The van der Waals surface area contributed by atoms with E-state index in [2.05, 4.69) is 5.32 Å². The van der Waals surface area contributed by atoms with E-state index in [1.807, 2.05) is 0 Å². The molecule has 2 aromatic carbocycles. The molecule has 26 heavy (non-hydrogen) atoms. The highest BCUT2D eigenvalue weighted by atomic mass is 19.4. The summed E-state index contributed by atoms with van der Waals surface area (Å²) in [4.78, 5) is 25.3. The molecule has 1 N–H and O–H groups in total. The molecule has 0 spiro atoms. The summed E-state index contributed by atoms with van der Waals surface area (Å²) in [6.07, 6.45) is -4.39. The second kappa shape index (κ2) is 6.70. The predicted molar refractivity (Wildman–Crippen MR) is 87.8 cm³/mol. The maximum absolute atomic E-state index is 12.6. The molecule has 0 atom stereocenters. The highest BCUT2D eigenvalue weighted by Crippen LogP contribution is 2.30. The first kappa shape index (κ1) is 17.8. The monoisotopic (exact) mass is 364 g/mol. The number of fused-ring (bicyclic) bond motifs is 1. The second-order valence-electron chi connectivity index (χ2n) is 5.90. The Morgan fingerprint density at radius 1 is 1.19 bits per heavy atom. The summed E-state index contributed by atoms with van der Waals surface area (Å²) in [5.41, 5.74) is 0.586. The smallest absolute Gasteiger partial charge is 0.416 e. The van der Waals surface area contributed by atoms with Crippen LogP contribution in [0.2, 0.25) is 0 Å². The van der Waals surface area contributed by atoms with Crippen molar-refractivity contribution in [3.05, 3.63) is 59.2 Å². The molecule has 0 radical (unpaired) electrons. The molecule has 3 rings (SSSR count). The molecule has 1 heterocycles. The molecule has 136 valence electrons. The summed E-state index contributed by atoms with van der Waals surface area (Å²) in [6, 6.07) is 9.33. The van der Waals surface area contributed by atoms with Crippen LogP contribution >= 0.6 is 0 Å². The number of carbonyl (C=O) groups is 2. The number of rotatable bonds is 3. The van der Waals surface area contributed by atoms with Gasteiger partial charge in [0.2, 0.25) is 0 Å². The van der Waals surface area contributed by atoms with Gasteiger partial charge in [0.25, 0.3) is 11.8 Å². The standard InChI is InChI=1S/C18H15F3N2O3/c1-23(9-11-2-5-13(6-3-11)18(19,20)21)17(25)12-4-7-15-14(8-12)22-16(24)10-26-15/h2-8H,9-10H2,1H3,(H,22,24). The number of amides is 2. The Hall–Kier alpha value is -3.03. The van der Waals surface area contributed by atoms with Gasteiger partial charge in [-0.15, -0.1) is 0 Å². The minimum atomic E-state index is -4.39. The molecule has 1 aliphatic rings. The molecule has 5 nitrogen and oxygen atoms in total. The van der Waals surface area contributed by atoms with E-state index >= 15 is 0 Å². The number of carbonyl (C=O) groups excluding carboxylic acids is 2. The van der Waals surface area contributed by atoms with Crippen LogP contribution in [-0.2, 0) is 17.5 Å². The number of alkyl halides is 3. The molecule has 1 aliphatic heterocycles. The normalized spacial score (nSPS) is 13.5.